The van der Waals surface area contributed by atoms with Crippen LogP contribution < -0.4 is 0 Å². The lowest BCUT2D eigenvalue weighted by molar-refractivity contribution is 0.252. The number of rotatable bonds is 14. The summed E-state index contributed by atoms with van der Waals surface area (Å²) in [5, 5.41) is 0. The van der Waals surface area contributed by atoms with Gasteiger partial charge in [-0.05, 0) is 85.8 Å². The summed E-state index contributed by atoms with van der Waals surface area (Å²) in [4.78, 5) is 0. The van der Waals surface area contributed by atoms with E-state index in [1.54, 1.807) is 16.7 Å². The van der Waals surface area contributed by atoms with Crippen molar-refractivity contribution in [2.45, 2.75) is 155 Å². The second kappa shape index (κ2) is 15.3. The molecule has 188 valence electrons. The number of hydrogen-bond acceptors (Lipinski definition) is 0. The van der Waals surface area contributed by atoms with Gasteiger partial charge in [0, 0.05) is 0 Å². The molecule has 2 fully saturated rings. The lowest BCUT2D eigenvalue weighted by Gasteiger charge is -2.30. The molecule has 0 N–H and O–H groups in total. The van der Waals surface area contributed by atoms with E-state index in [-0.39, 0.29) is 0 Å². The first-order valence-corrected chi connectivity index (χ1v) is 15.3. The molecule has 3 rings (SSSR count). The Hall–Kier alpha value is -0.780. The number of benzene rings is 1. The molecule has 1 aromatic rings. The maximum atomic E-state index is 2.54. The van der Waals surface area contributed by atoms with Gasteiger partial charge in [-0.1, -0.05) is 122 Å². The van der Waals surface area contributed by atoms with E-state index in [4.69, 9.17) is 0 Å². The van der Waals surface area contributed by atoms with Crippen molar-refractivity contribution in [3.05, 3.63) is 34.9 Å². The highest BCUT2D eigenvalue weighted by Crippen LogP contribution is 2.39. The Morgan fingerprint density at radius 1 is 0.606 bits per heavy atom. The van der Waals surface area contributed by atoms with Gasteiger partial charge in [0.15, 0.2) is 0 Å². The molecule has 0 bridgehead atoms. The Balaban J connectivity index is 1.33. The van der Waals surface area contributed by atoms with Gasteiger partial charge in [0.05, 0.1) is 0 Å². The zero-order valence-corrected chi connectivity index (χ0v) is 22.7. The number of unbranched alkanes of at least 4 members (excludes halogenated alkanes) is 6. The zero-order valence-electron chi connectivity index (χ0n) is 22.7. The summed E-state index contributed by atoms with van der Waals surface area (Å²) >= 11 is 0. The van der Waals surface area contributed by atoms with Crippen LogP contribution >= 0.6 is 0 Å². The molecule has 0 unspecified atom stereocenters. The van der Waals surface area contributed by atoms with Crippen LogP contribution in [0.1, 0.15) is 158 Å². The van der Waals surface area contributed by atoms with E-state index in [1.807, 2.05) is 0 Å². The monoisotopic (exact) mass is 452 g/mol. The van der Waals surface area contributed by atoms with Crippen LogP contribution in [0.3, 0.4) is 0 Å². The van der Waals surface area contributed by atoms with Crippen LogP contribution in [-0.4, -0.2) is 0 Å². The van der Waals surface area contributed by atoms with Crippen LogP contribution in [0, 0.1) is 24.7 Å². The van der Waals surface area contributed by atoms with E-state index in [0.717, 1.165) is 23.7 Å². The first-order valence-electron chi connectivity index (χ1n) is 15.3. The summed E-state index contributed by atoms with van der Waals surface area (Å²) in [6.07, 6.45) is 29.0. The molecule has 2 aliphatic rings. The molecular formula is C33H56. The van der Waals surface area contributed by atoms with Gasteiger partial charge in [-0.2, -0.15) is 0 Å². The molecule has 2 aliphatic carbocycles. The van der Waals surface area contributed by atoms with Gasteiger partial charge in [0.2, 0.25) is 0 Å². The van der Waals surface area contributed by atoms with Crippen molar-refractivity contribution < 1.29 is 0 Å². The smallest absolute Gasteiger partial charge is 0.0159 e. The topological polar surface area (TPSA) is 0 Å². The van der Waals surface area contributed by atoms with Crippen molar-refractivity contribution >= 4 is 0 Å². The highest BCUT2D eigenvalue weighted by molar-refractivity contribution is 5.34. The van der Waals surface area contributed by atoms with E-state index >= 15 is 0 Å². The minimum atomic E-state index is 0.832. The fourth-order valence-electron chi connectivity index (χ4n) is 7.09. The first-order chi connectivity index (χ1) is 16.2. The molecular weight excluding hydrogens is 396 g/mol. The summed E-state index contributed by atoms with van der Waals surface area (Å²) in [5.74, 6) is 3.88. The average Bonchev–Trinajstić information content (AvgIpc) is 2.84. The van der Waals surface area contributed by atoms with Crippen molar-refractivity contribution in [1.29, 1.82) is 0 Å². The Bertz CT molecular complexity index is 627. The van der Waals surface area contributed by atoms with Crippen LogP contribution in [0.2, 0.25) is 0 Å². The van der Waals surface area contributed by atoms with Crippen molar-refractivity contribution in [1.82, 2.24) is 0 Å². The van der Waals surface area contributed by atoms with E-state index in [0.29, 0.717) is 0 Å². The standard InChI is InChI=1S/C33H56/c1-4-6-7-8-9-10-11-13-29-20-23-32(24-21-29)33-25-22-31(26-27(33)3)19-18-30-16-14-28(12-5-2)15-17-30/h22,25-26,28-30,32H,4-21,23-24H2,1-3H3/t28-,29-,30-,32-. The molecule has 0 spiro atoms. The van der Waals surface area contributed by atoms with Gasteiger partial charge >= 0.3 is 0 Å². The Morgan fingerprint density at radius 2 is 1.18 bits per heavy atom. The third-order valence-electron chi connectivity index (χ3n) is 9.34. The molecule has 0 aromatic heterocycles. The van der Waals surface area contributed by atoms with Crippen LogP contribution in [0.15, 0.2) is 18.2 Å². The van der Waals surface area contributed by atoms with Crippen LogP contribution in [0.5, 0.6) is 0 Å². The Kier molecular flexibility index (Phi) is 12.4. The van der Waals surface area contributed by atoms with Gasteiger partial charge in [-0.3, -0.25) is 0 Å². The third kappa shape index (κ3) is 9.41. The van der Waals surface area contributed by atoms with E-state index in [9.17, 15) is 0 Å². The maximum Gasteiger partial charge on any atom is -0.0159 e. The van der Waals surface area contributed by atoms with Crippen LogP contribution in [0.25, 0.3) is 0 Å². The van der Waals surface area contributed by atoms with Gasteiger partial charge in [0.25, 0.3) is 0 Å². The van der Waals surface area contributed by atoms with E-state index < -0.39 is 0 Å². The van der Waals surface area contributed by atoms with Gasteiger partial charge in [-0.25, -0.2) is 0 Å². The van der Waals surface area contributed by atoms with Crippen LogP contribution in [0.4, 0.5) is 0 Å². The Labute approximate surface area is 207 Å². The molecule has 0 nitrogen and oxygen atoms in total. The largest absolute Gasteiger partial charge is 0.0654 e. The zero-order chi connectivity index (χ0) is 23.3. The second-order valence-electron chi connectivity index (χ2n) is 12.0. The van der Waals surface area contributed by atoms with Crippen molar-refractivity contribution in [2.24, 2.45) is 17.8 Å². The van der Waals surface area contributed by atoms with Crippen molar-refractivity contribution in [2.75, 3.05) is 0 Å². The Morgan fingerprint density at radius 3 is 1.82 bits per heavy atom. The summed E-state index contributed by atoms with van der Waals surface area (Å²) in [6, 6.07) is 7.54. The molecule has 0 atom stereocenters. The summed E-state index contributed by atoms with van der Waals surface area (Å²) < 4.78 is 0. The molecule has 1 aromatic carbocycles. The quantitative estimate of drug-likeness (QED) is 0.246. The average molecular weight is 453 g/mol. The highest BCUT2D eigenvalue weighted by atomic mass is 14.3. The maximum absolute atomic E-state index is 2.54. The first kappa shape index (κ1) is 26.8. The van der Waals surface area contributed by atoms with E-state index in [2.05, 4.69) is 39.0 Å². The lowest BCUT2D eigenvalue weighted by Crippen LogP contribution is -2.15. The van der Waals surface area contributed by atoms with Crippen LogP contribution in [-0.2, 0) is 6.42 Å². The fourth-order valence-corrected chi connectivity index (χ4v) is 7.09. The minimum Gasteiger partial charge on any atom is -0.0654 e. The SMILES string of the molecule is CCCCCCCCC[C@H]1CC[C@H](c2ccc(CC[C@H]3CC[C@H](CCC)CC3)cc2C)CC1. The summed E-state index contributed by atoms with van der Waals surface area (Å²) in [6.45, 7) is 7.05. The fraction of sp³-hybridized carbons (Fsp3) is 0.818. The molecule has 0 aliphatic heterocycles. The molecule has 33 heavy (non-hydrogen) atoms. The predicted molar refractivity (Wildman–Crippen MR) is 147 cm³/mol. The second-order valence-corrected chi connectivity index (χ2v) is 12.0. The minimum absolute atomic E-state index is 0.832. The molecule has 0 amide bonds. The summed E-state index contributed by atoms with van der Waals surface area (Å²) in [7, 11) is 0. The molecule has 2 saturated carbocycles. The van der Waals surface area contributed by atoms with Gasteiger partial charge < -0.3 is 0 Å². The molecule has 0 heteroatoms. The van der Waals surface area contributed by atoms with Crippen molar-refractivity contribution in [3.8, 4) is 0 Å². The third-order valence-corrected chi connectivity index (χ3v) is 9.34. The van der Waals surface area contributed by atoms with E-state index in [1.165, 1.54) is 128 Å². The van der Waals surface area contributed by atoms with Gasteiger partial charge in [-0.15, -0.1) is 0 Å². The molecule has 0 saturated heterocycles. The highest BCUT2D eigenvalue weighted by Gasteiger charge is 2.24. The summed E-state index contributed by atoms with van der Waals surface area (Å²) in [5.41, 5.74) is 4.85. The predicted octanol–water partition coefficient (Wildman–Crippen LogP) is 10.9. The lowest BCUT2D eigenvalue weighted by atomic mass is 9.75. The normalized spacial score (nSPS) is 25.9. The molecule has 0 heterocycles. The van der Waals surface area contributed by atoms with Crippen molar-refractivity contribution in [3.63, 3.8) is 0 Å². The number of aryl methyl sites for hydroxylation is 2. The number of hydrogen-bond donors (Lipinski definition) is 0. The van der Waals surface area contributed by atoms with Gasteiger partial charge in [0.1, 0.15) is 0 Å². The molecule has 0 radical (unpaired) electrons.